The third kappa shape index (κ3) is 12.3. The van der Waals surface area contributed by atoms with Crippen molar-refractivity contribution < 1.29 is 49.6 Å². The van der Waals surface area contributed by atoms with Crippen molar-refractivity contribution in [2.24, 2.45) is 29.6 Å². The van der Waals surface area contributed by atoms with Crippen molar-refractivity contribution in [3.05, 3.63) is 46.6 Å². The number of rotatable bonds is 18. The van der Waals surface area contributed by atoms with Crippen molar-refractivity contribution in [2.75, 3.05) is 13.7 Å². The van der Waals surface area contributed by atoms with Crippen molar-refractivity contribution in [3.8, 4) is 0 Å². The average molecular weight is 655 g/mol. The molecule has 1 saturated heterocycles. The Morgan fingerprint density at radius 2 is 1.35 bits per heavy atom. The second-order valence-electron chi connectivity index (χ2n) is 13.5. The van der Waals surface area contributed by atoms with Gasteiger partial charge in [-0.25, -0.2) is 4.79 Å². The van der Waals surface area contributed by atoms with Crippen molar-refractivity contribution in [3.63, 3.8) is 0 Å². The van der Waals surface area contributed by atoms with Crippen LogP contribution < -0.4 is 0 Å². The molecule has 10 heteroatoms. The van der Waals surface area contributed by atoms with Crippen LogP contribution in [0.2, 0.25) is 0 Å². The van der Waals surface area contributed by atoms with E-state index >= 15 is 0 Å². The van der Waals surface area contributed by atoms with Crippen LogP contribution in [0, 0.1) is 29.6 Å². The van der Waals surface area contributed by atoms with Crippen LogP contribution in [0.4, 0.5) is 0 Å². The first-order chi connectivity index (χ1) is 21.4. The highest BCUT2D eigenvalue weighted by Gasteiger charge is 2.46. The molecule has 1 rings (SSSR count). The van der Waals surface area contributed by atoms with Gasteiger partial charge in [-0.1, -0.05) is 72.3 Å². The number of aliphatic hydroxyl groups is 5. The van der Waals surface area contributed by atoms with Crippen LogP contribution in [-0.2, 0) is 19.0 Å². The first-order valence-electron chi connectivity index (χ1n) is 16.5. The zero-order chi connectivity index (χ0) is 35.5. The number of aliphatic carboxylic acids is 1. The van der Waals surface area contributed by atoms with E-state index < -0.39 is 67.5 Å². The van der Waals surface area contributed by atoms with Crippen LogP contribution >= 0.6 is 0 Å². The molecule has 1 aliphatic heterocycles. The molecule has 46 heavy (non-hydrogen) atoms. The van der Waals surface area contributed by atoms with Gasteiger partial charge in [0.05, 0.1) is 24.9 Å². The lowest BCUT2D eigenvalue weighted by Gasteiger charge is -2.43. The molecule has 0 aromatic rings. The van der Waals surface area contributed by atoms with Gasteiger partial charge in [0, 0.05) is 30.4 Å². The highest BCUT2D eigenvalue weighted by Crippen LogP contribution is 2.31. The van der Waals surface area contributed by atoms with Gasteiger partial charge in [-0.15, -0.1) is 0 Å². The standard InChI is InChI=1S/C36H62O10/c1-12-19(2)13-20(3)14-25(8)33(46-36-32(41)31(40)34(44-11)28(18-37)45-36)26(9)16-23(6)29(38)21(4)15-22(5)30(39)24(7)17-27(10)35(42)43/h14-17,19-21,24,26,28-34,36-41H,12-13,18H2,1-11H3,(H,42,43). The van der Waals surface area contributed by atoms with Crippen LogP contribution in [0.3, 0.4) is 0 Å². The number of hydrogen-bond donors (Lipinski definition) is 6. The van der Waals surface area contributed by atoms with Gasteiger partial charge in [0.2, 0.25) is 0 Å². The topological polar surface area (TPSA) is 166 Å². The van der Waals surface area contributed by atoms with E-state index in [-0.39, 0.29) is 23.3 Å². The quantitative estimate of drug-likeness (QED) is 0.0922. The minimum atomic E-state index is -1.42. The molecule has 0 spiro atoms. The van der Waals surface area contributed by atoms with Crippen LogP contribution in [0.5, 0.6) is 0 Å². The summed E-state index contributed by atoms with van der Waals surface area (Å²) in [6, 6.07) is 0. The molecular formula is C36H62O10. The first kappa shape index (κ1) is 42.1. The number of hydrogen-bond acceptors (Lipinski definition) is 9. The Labute approximate surface area is 276 Å². The zero-order valence-electron chi connectivity index (χ0n) is 29.8. The van der Waals surface area contributed by atoms with E-state index in [2.05, 4.69) is 26.8 Å². The molecule has 0 aliphatic carbocycles. The molecule has 0 aromatic heterocycles. The maximum Gasteiger partial charge on any atom is 0.330 e. The maximum atomic E-state index is 11.3. The molecule has 0 bridgehead atoms. The molecule has 10 nitrogen and oxygen atoms in total. The van der Waals surface area contributed by atoms with Gasteiger partial charge in [-0.05, 0) is 62.7 Å². The van der Waals surface area contributed by atoms with E-state index in [1.807, 2.05) is 33.8 Å². The molecule has 1 fully saturated rings. The van der Waals surface area contributed by atoms with Crippen LogP contribution in [0.25, 0.3) is 0 Å². The Balaban J connectivity index is 3.32. The maximum absolute atomic E-state index is 11.3. The summed E-state index contributed by atoms with van der Waals surface area (Å²) in [5.41, 5.74) is 2.37. The predicted octanol–water partition coefficient (Wildman–Crippen LogP) is 4.40. The Kier molecular flexibility index (Phi) is 18.2. The molecule has 6 N–H and O–H groups in total. The SMILES string of the molecule is CCC(C)CC(C)C=C(C)C(OC1OC(CO)C(OC)C(O)C1O)C(C)C=C(C)C(O)C(C)C=C(C)C(O)C(C)C=C(C)C(=O)O. The van der Waals surface area contributed by atoms with Crippen LogP contribution in [0.1, 0.15) is 82.1 Å². The number of methoxy groups -OCH3 is 1. The summed E-state index contributed by atoms with van der Waals surface area (Å²) in [6.07, 6.45) is 1.25. The molecule has 0 aromatic carbocycles. The fourth-order valence-electron chi connectivity index (χ4n) is 6.25. The molecule has 1 heterocycles. The summed E-state index contributed by atoms with van der Waals surface area (Å²) in [6.45, 7) is 18.6. The molecule has 13 unspecified atom stereocenters. The van der Waals surface area contributed by atoms with Crippen molar-refractivity contribution in [1.29, 1.82) is 0 Å². The van der Waals surface area contributed by atoms with Crippen molar-refractivity contribution in [1.82, 2.24) is 0 Å². The van der Waals surface area contributed by atoms with Gasteiger partial charge in [0.15, 0.2) is 6.29 Å². The van der Waals surface area contributed by atoms with Gasteiger partial charge in [0.25, 0.3) is 0 Å². The number of ether oxygens (including phenoxy) is 3. The largest absolute Gasteiger partial charge is 0.478 e. The van der Waals surface area contributed by atoms with Crippen LogP contribution in [0.15, 0.2) is 46.6 Å². The summed E-state index contributed by atoms with van der Waals surface area (Å²) in [5.74, 6) is -1.33. The summed E-state index contributed by atoms with van der Waals surface area (Å²) in [7, 11) is 1.37. The van der Waals surface area contributed by atoms with E-state index in [4.69, 9.17) is 19.3 Å². The second-order valence-corrected chi connectivity index (χ2v) is 13.5. The lowest BCUT2D eigenvalue weighted by atomic mass is 9.87. The Bertz CT molecular complexity index is 1060. The first-order valence-corrected chi connectivity index (χ1v) is 16.5. The molecule has 0 radical (unpaired) electrons. The molecule has 266 valence electrons. The van der Waals surface area contributed by atoms with Crippen molar-refractivity contribution >= 4 is 5.97 Å². The monoisotopic (exact) mass is 654 g/mol. The molecule has 1 aliphatic rings. The summed E-state index contributed by atoms with van der Waals surface area (Å²) >= 11 is 0. The Hall–Kier alpha value is -1.89. The Morgan fingerprint density at radius 1 is 0.826 bits per heavy atom. The van der Waals surface area contributed by atoms with E-state index in [0.29, 0.717) is 17.1 Å². The Morgan fingerprint density at radius 3 is 1.83 bits per heavy atom. The summed E-state index contributed by atoms with van der Waals surface area (Å²) < 4.78 is 17.5. The normalized spacial score (nSPS) is 29.0. The second kappa shape index (κ2) is 19.8. The summed E-state index contributed by atoms with van der Waals surface area (Å²) in [4.78, 5) is 11.2. The highest BCUT2D eigenvalue weighted by molar-refractivity contribution is 5.85. The predicted molar refractivity (Wildman–Crippen MR) is 179 cm³/mol. The number of carbonyl (C=O) groups is 1. The fourth-order valence-corrected chi connectivity index (χ4v) is 6.25. The molecule has 0 amide bonds. The molecule has 0 saturated carbocycles. The number of carboxylic acids is 1. The lowest BCUT2D eigenvalue weighted by Crippen LogP contribution is -2.60. The van der Waals surface area contributed by atoms with Gasteiger partial charge >= 0.3 is 5.97 Å². The third-order valence-corrected chi connectivity index (χ3v) is 9.15. The molecule has 13 atom stereocenters. The van der Waals surface area contributed by atoms with Crippen molar-refractivity contribution in [2.45, 2.75) is 131 Å². The fraction of sp³-hybridized carbons (Fsp3) is 0.750. The van der Waals surface area contributed by atoms with Gasteiger partial charge in [-0.3, -0.25) is 0 Å². The van der Waals surface area contributed by atoms with Gasteiger partial charge < -0.3 is 44.8 Å². The smallest absolute Gasteiger partial charge is 0.330 e. The lowest BCUT2D eigenvalue weighted by molar-refractivity contribution is -0.313. The minimum Gasteiger partial charge on any atom is -0.478 e. The number of aliphatic hydroxyl groups excluding tert-OH is 5. The minimum absolute atomic E-state index is 0.154. The number of allylic oxidation sites excluding steroid dienone is 1. The van der Waals surface area contributed by atoms with E-state index in [1.54, 1.807) is 19.9 Å². The van der Waals surface area contributed by atoms with Gasteiger partial charge in [0.1, 0.15) is 24.4 Å². The zero-order valence-corrected chi connectivity index (χ0v) is 29.8. The van der Waals surface area contributed by atoms with E-state index in [1.165, 1.54) is 20.1 Å². The number of carboxylic acid groups (broad SMARTS) is 1. The van der Waals surface area contributed by atoms with E-state index in [0.717, 1.165) is 18.4 Å². The molecular weight excluding hydrogens is 592 g/mol. The van der Waals surface area contributed by atoms with E-state index in [9.17, 15) is 30.3 Å². The van der Waals surface area contributed by atoms with Crippen LogP contribution in [-0.4, -0.2) is 99.3 Å². The van der Waals surface area contributed by atoms with Gasteiger partial charge in [-0.2, -0.15) is 0 Å². The average Bonchev–Trinajstić information content (AvgIpc) is 2.99. The summed E-state index contributed by atoms with van der Waals surface area (Å²) in [5, 5.41) is 62.6. The third-order valence-electron chi connectivity index (χ3n) is 9.15. The highest BCUT2D eigenvalue weighted by atomic mass is 16.7.